The van der Waals surface area contributed by atoms with Gasteiger partial charge in [0, 0.05) is 12.2 Å². The Morgan fingerprint density at radius 2 is 2.28 bits per heavy atom. The third-order valence-electron chi connectivity index (χ3n) is 2.92. The fourth-order valence-corrected chi connectivity index (χ4v) is 2.35. The molecule has 1 saturated heterocycles. The van der Waals surface area contributed by atoms with Crippen molar-refractivity contribution in [1.29, 1.82) is 0 Å². The van der Waals surface area contributed by atoms with E-state index in [-0.39, 0.29) is 12.4 Å². The van der Waals surface area contributed by atoms with Crippen molar-refractivity contribution in [3.05, 3.63) is 21.9 Å². The van der Waals surface area contributed by atoms with Gasteiger partial charge in [-0.1, -0.05) is 30.1 Å². The molecule has 0 amide bonds. The van der Waals surface area contributed by atoms with Crippen molar-refractivity contribution in [3.8, 4) is 0 Å². The lowest BCUT2D eigenvalue weighted by atomic mass is 10.1. The van der Waals surface area contributed by atoms with Crippen molar-refractivity contribution in [2.45, 2.75) is 45.0 Å². The first-order chi connectivity index (χ1) is 8.70. The summed E-state index contributed by atoms with van der Waals surface area (Å²) in [6.07, 6.45) is 3.60. The Morgan fingerprint density at radius 1 is 1.44 bits per heavy atom. The van der Waals surface area contributed by atoms with E-state index in [0.29, 0.717) is 10.3 Å². The Kier molecular flexibility index (Phi) is 5.18. The van der Waals surface area contributed by atoms with Crippen molar-refractivity contribution >= 4 is 23.2 Å². The standard InChI is InChI=1S/C12H16Cl2N2O2/c1-2-9(18-11-5-3-4-6-17-11)8-7-10(13)15-16-12(8)14/h7,9,11H,2-6H2,1H3. The lowest BCUT2D eigenvalue weighted by Gasteiger charge is -2.27. The van der Waals surface area contributed by atoms with Gasteiger partial charge in [-0.15, -0.1) is 10.2 Å². The Hall–Kier alpha value is -0.420. The van der Waals surface area contributed by atoms with Crippen molar-refractivity contribution < 1.29 is 9.47 Å². The number of halogens is 2. The van der Waals surface area contributed by atoms with Crippen molar-refractivity contribution in [2.75, 3.05) is 6.61 Å². The van der Waals surface area contributed by atoms with Crippen LogP contribution in [0.4, 0.5) is 0 Å². The van der Waals surface area contributed by atoms with Crippen LogP contribution in [0.3, 0.4) is 0 Å². The second-order valence-corrected chi connectivity index (χ2v) is 4.99. The third kappa shape index (κ3) is 3.54. The van der Waals surface area contributed by atoms with Gasteiger partial charge in [0.05, 0.1) is 6.10 Å². The first-order valence-electron chi connectivity index (χ1n) is 6.16. The maximum Gasteiger partial charge on any atom is 0.158 e. The largest absolute Gasteiger partial charge is 0.353 e. The van der Waals surface area contributed by atoms with Crippen LogP contribution >= 0.6 is 23.2 Å². The van der Waals surface area contributed by atoms with Gasteiger partial charge in [0.1, 0.15) is 0 Å². The van der Waals surface area contributed by atoms with E-state index in [2.05, 4.69) is 10.2 Å². The van der Waals surface area contributed by atoms with Crippen LogP contribution in [0.15, 0.2) is 6.07 Å². The Bertz CT molecular complexity index is 398. The fourth-order valence-electron chi connectivity index (χ4n) is 1.98. The molecule has 2 heterocycles. The van der Waals surface area contributed by atoms with E-state index in [0.717, 1.165) is 37.9 Å². The van der Waals surface area contributed by atoms with E-state index in [1.54, 1.807) is 6.07 Å². The molecule has 0 saturated carbocycles. The summed E-state index contributed by atoms with van der Waals surface area (Å²) in [6.45, 7) is 2.78. The summed E-state index contributed by atoms with van der Waals surface area (Å²) >= 11 is 11.9. The van der Waals surface area contributed by atoms with Gasteiger partial charge in [0.15, 0.2) is 16.6 Å². The van der Waals surface area contributed by atoms with E-state index < -0.39 is 0 Å². The van der Waals surface area contributed by atoms with E-state index >= 15 is 0 Å². The van der Waals surface area contributed by atoms with Crippen molar-refractivity contribution in [3.63, 3.8) is 0 Å². The molecule has 2 unspecified atom stereocenters. The van der Waals surface area contributed by atoms with Crippen LogP contribution in [0.2, 0.25) is 10.3 Å². The van der Waals surface area contributed by atoms with Gasteiger partial charge in [-0.25, -0.2) is 0 Å². The lowest BCUT2D eigenvalue weighted by molar-refractivity contribution is -0.190. The zero-order valence-electron chi connectivity index (χ0n) is 10.2. The van der Waals surface area contributed by atoms with Crippen LogP contribution in [-0.2, 0) is 9.47 Å². The zero-order valence-corrected chi connectivity index (χ0v) is 11.7. The summed E-state index contributed by atoms with van der Waals surface area (Å²) in [4.78, 5) is 0. The van der Waals surface area contributed by atoms with Crippen LogP contribution in [0.25, 0.3) is 0 Å². The third-order valence-corrected chi connectivity index (χ3v) is 3.40. The number of nitrogens with zero attached hydrogens (tertiary/aromatic N) is 2. The fraction of sp³-hybridized carbons (Fsp3) is 0.667. The smallest absolute Gasteiger partial charge is 0.158 e. The molecular weight excluding hydrogens is 275 g/mol. The minimum absolute atomic E-state index is 0.159. The molecular formula is C12H16Cl2N2O2. The first-order valence-corrected chi connectivity index (χ1v) is 6.92. The lowest BCUT2D eigenvalue weighted by Crippen LogP contribution is -2.24. The van der Waals surface area contributed by atoms with E-state index in [1.807, 2.05) is 6.92 Å². The molecule has 0 spiro atoms. The number of hydrogen-bond donors (Lipinski definition) is 0. The summed E-state index contributed by atoms with van der Waals surface area (Å²) in [5.74, 6) is 0. The molecule has 18 heavy (non-hydrogen) atoms. The summed E-state index contributed by atoms with van der Waals surface area (Å²) in [5, 5.41) is 8.16. The average Bonchev–Trinajstić information content (AvgIpc) is 2.40. The Morgan fingerprint density at radius 3 is 2.94 bits per heavy atom. The minimum Gasteiger partial charge on any atom is -0.353 e. The Labute approximate surface area is 117 Å². The average molecular weight is 291 g/mol. The van der Waals surface area contributed by atoms with E-state index in [1.165, 1.54) is 0 Å². The summed E-state index contributed by atoms with van der Waals surface area (Å²) in [7, 11) is 0. The van der Waals surface area contributed by atoms with E-state index in [9.17, 15) is 0 Å². The number of hydrogen-bond acceptors (Lipinski definition) is 4. The number of aromatic nitrogens is 2. The highest BCUT2D eigenvalue weighted by atomic mass is 35.5. The molecule has 1 aromatic rings. The SMILES string of the molecule is CCC(OC1CCCCO1)c1cc(Cl)nnc1Cl. The molecule has 1 aliphatic heterocycles. The van der Waals surface area contributed by atoms with Gasteiger partial charge in [0.25, 0.3) is 0 Å². The van der Waals surface area contributed by atoms with Crippen LogP contribution in [0.1, 0.15) is 44.3 Å². The summed E-state index contributed by atoms with van der Waals surface area (Å²) in [5.41, 5.74) is 0.772. The maximum atomic E-state index is 6.03. The zero-order chi connectivity index (χ0) is 13.0. The van der Waals surface area contributed by atoms with Gasteiger partial charge in [-0.2, -0.15) is 0 Å². The molecule has 4 nitrogen and oxygen atoms in total. The maximum absolute atomic E-state index is 6.03. The summed E-state index contributed by atoms with van der Waals surface area (Å²) < 4.78 is 11.5. The van der Waals surface area contributed by atoms with Gasteiger partial charge in [0.2, 0.25) is 0 Å². The molecule has 0 bridgehead atoms. The Balaban J connectivity index is 2.09. The van der Waals surface area contributed by atoms with Crippen LogP contribution < -0.4 is 0 Å². The number of rotatable bonds is 4. The molecule has 2 atom stereocenters. The topological polar surface area (TPSA) is 44.2 Å². The molecule has 0 aromatic carbocycles. The van der Waals surface area contributed by atoms with Crippen LogP contribution in [0, 0.1) is 0 Å². The predicted octanol–water partition coefficient (Wildman–Crippen LogP) is 3.78. The minimum atomic E-state index is -0.160. The second kappa shape index (κ2) is 6.66. The van der Waals surface area contributed by atoms with Gasteiger partial charge < -0.3 is 9.47 Å². The molecule has 6 heteroatoms. The van der Waals surface area contributed by atoms with Crippen molar-refractivity contribution in [2.24, 2.45) is 0 Å². The van der Waals surface area contributed by atoms with Crippen molar-refractivity contribution in [1.82, 2.24) is 10.2 Å². The highest BCUT2D eigenvalue weighted by Crippen LogP contribution is 2.30. The van der Waals surface area contributed by atoms with Gasteiger partial charge in [-0.05, 0) is 31.7 Å². The first kappa shape index (κ1) is 14.0. The predicted molar refractivity (Wildman–Crippen MR) is 69.8 cm³/mol. The van der Waals surface area contributed by atoms with Crippen LogP contribution in [0.5, 0.6) is 0 Å². The highest BCUT2D eigenvalue weighted by molar-refractivity contribution is 6.31. The molecule has 1 aromatic heterocycles. The molecule has 1 aliphatic rings. The second-order valence-electron chi connectivity index (χ2n) is 4.24. The molecule has 100 valence electrons. The molecule has 1 fully saturated rings. The molecule has 0 aliphatic carbocycles. The quantitative estimate of drug-likeness (QED) is 0.846. The number of ether oxygens (including phenoxy) is 2. The summed E-state index contributed by atoms with van der Waals surface area (Å²) in [6, 6.07) is 1.70. The molecule has 0 radical (unpaired) electrons. The van der Waals surface area contributed by atoms with Gasteiger partial charge in [-0.3, -0.25) is 0 Å². The van der Waals surface area contributed by atoms with Gasteiger partial charge >= 0.3 is 0 Å². The van der Waals surface area contributed by atoms with E-state index in [4.69, 9.17) is 32.7 Å². The highest BCUT2D eigenvalue weighted by Gasteiger charge is 2.22. The normalized spacial score (nSPS) is 21.8. The molecule has 2 rings (SSSR count). The van der Waals surface area contributed by atoms with Crippen LogP contribution in [-0.4, -0.2) is 23.1 Å². The molecule has 0 N–H and O–H groups in total. The monoisotopic (exact) mass is 290 g/mol.